The number of nitrogens with one attached hydrogen (secondary N) is 1. The van der Waals surface area contributed by atoms with Crippen LogP contribution >= 0.6 is 15.6 Å². The van der Waals surface area contributed by atoms with Crippen molar-refractivity contribution in [1.82, 2.24) is 14.5 Å². The Labute approximate surface area is 245 Å². The first-order valence-electron chi connectivity index (χ1n) is 13.2. The fourth-order valence-corrected chi connectivity index (χ4v) is 6.22. The first kappa shape index (κ1) is 37.8. The average molecular weight is 667 g/mol. The molecule has 0 aromatic carbocycles. The molecule has 2 saturated heterocycles. The Bertz CT molecular complexity index is 1220. The minimum atomic E-state index is -5.55. The van der Waals surface area contributed by atoms with Gasteiger partial charge in [-0.15, -0.1) is 0 Å². The van der Waals surface area contributed by atoms with E-state index in [1.54, 1.807) is 0 Å². The number of nitrogens with two attached hydrogens (primary N) is 1. The first-order valence-corrected chi connectivity index (χ1v) is 16.1. The number of aromatic amines is 1. The summed E-state index contributed by atoms with van der Waals surface area (Å²) in [6.45, 7) is 8.72. The number of aliphatic hydroxyl groups is 5. The van der Waals surface area contributed by atoms with Crippen LogP contribution in [0.5, 0.6) is 0 Å². The molecule has 0 amide bonds. The molecule has 2 fully saturated rings. The molecular weight excluding hydrogens is 626 g/mol. The summed E-state index contributed by atoms with van der Waals surface area (Å²) in [7, 11) is -11.0. The van der Waals surface area contributed by atoms with Crippen molar-refractivity contribution in [3.63, 3.8) is 0 Å². The SMILES string of the molecule is CCN(CC)CC.NC[C@H]1O[C@H](OP(=O)(O)OP(=O)(O)OC[C@H]2O[C@@H](n3ccc(=O)[nH]c3=O)[C@H](O)[C@@H]2O)[C@H](O)[C@@H](O)[C@H]1O. The third-order valence-corrected chi connectivity index (χ3v) is 9.15. The van der Waals surface area contributed by atoms with E-state index in [1.165, 1.54) is 19.6 Å². The molecule has 1 aromatic heterocycles. The summed E-state index contributed by atoms with van der Waals surface area (Å²) < 4.78 is 48.4. The molecule has 0 aliphatic carbocycles. The van der Waals surface area contributed by atoms with E-state index >= 15 is 0 Å². The molecule has 2 unspecified atom stereocenters. The number of nitrogens with zero attached hydrogens (tertiary/aromatic N) is 2. The van der Waals surface area contributed by atoms with Gasteiger partial charge in [-0.3, -0.25) is 23.4 Å². The number of hydrogen-bond donors (Lipinski definition) is 9. The highest BCUT2D eigenvalue weighted by Gasteiger charge is 2.49. The maximum Gasteiger partial charge on any atom is 0.483 e. The molecule has 43 heavy (non-hydrogen) atoms. The van der Waals surface area contributed by atoms with Crippen LogP contribution in [-0.2, 0) is 32.0 Å². The van der Waals surface area contributed by atoms with Crippen molar-refractivity contribution >= 4 is 15.6 Å². The van der Waals surface area contributed by atoms with Gasteiger partial charge in [0.1, 0.15) is 42.7 Å². The molecule has 3 rings (SSSR count). The zero-order valence-corrected chi connectivity index (χ0v) is 25.3. The van der Waals surface area contributed by atoms with Crippen LogP contribution in [0, 0.1) is 0 Å². The fraction of sp³-hybridized carbons (Fsp3) is 0.810. The molecular formula is C21H40N4O16P2. The average Bonchev–Trinajstić information content (AvgIpc) is 3.21. The van der Waals surface area contributed by atoms with Crippen LogP contribution in [0.4, 0.5) is 0 Å². The molecule has 11 atom stereocenters. The van der Waals surface area contributed by atoms with Crippen molar-refractivity contribution in [3.05, 3.63) is 33.1 Å². The quantitative estimate of drug-likeness (QED) is 0.0978. The maximum absolute atomic E-state index is 12.2. The van der Waals surface area contributed by atoms with Gasteiger partial charge in [0.2, 0.25) is 0 Å². The predicted molar refractivity (Wildman–Crippen MR) is 144 cm³/mol. The summed E-state index contributed by atoms with van der Waals surface area (Å²) in [5.74, 6) is 0. The lowest BCUT2D eigenvalue weighted by Gasteiger charge is -2.39. The van der Waals surface area contributed by atoms with Crippen LogP contribution in [0.25, 0.3) is 0 Å². The monoisotopic (exact) mass is 666 g/mol. The van der Waals surface area contributed by atoms with Crippen molar-refractivity contribution in [2.24, 2.45) is 5.73 Å². The second-order valence-electron chi connectivity index (χ2n) is 9.35. The van der Waals surface area contributed by atoms with Gasteiger partial charge in [0.05, 0.1) is 6.61 Å². The predicted octanol–water partition coefficient (Wildman–Crippen LogP) is -3.48. The number of H-pyrrole nitrogens is 1. The van der Waals surface area contributed by atoms with Crippen molar-refractivity contribution < 1.29 is 67.3 Å². The van der Waals surface area contributed by atoms with Gasteiger partial charge in [0, 0.05) is 18.8 Å². The standard InChI is InChI=1S/C15H25N3O16P2.C6H15N/c16-3-5-8(20)10(22)12(24)14(32-5)33-36(28,29)34-35(26,27)30-4-6-9(21)11(23)13(31-6)18-2-1-7(19)17-15(18)25;1-4-7(5-2)6-3/h1-2,5-6,8-14,20-24H,3-4,16H2,(H,26,27)(H,28,29)(H,17,19,25);4-6H2,1-3H3/t5-,6-,8+,9-,10+,11-,12-,13-,14-;/m1./s1. The zero-order valence-electron chi connectivity index (χ0n) is 23.6. The summed E-state index contributed by atoms with van der Waals surface area (Å²) in [6.07, 6.45) is -14.8. The van der Waals surface area contributed by atoms with Crippen molar-refractivity contribution in [3.8, 4) is 0 Å². The smallest absolute Gasteiger partial charge is 0.388 e. The van der Waals surface area contributed by atoms with Crippen LogP contribution < -0.4 is 17.0 Å². The van der Waals surface area contributed by atoms with Crippen molar-refractivity contribution in [2.45, 2.75) is 76.0 Å². The van der Waals surface area contributed by atoms with E-state index in [-0.39, 0.29) is 0 Å². The van der Waals surface area contributed by atoms with E-state index < -0.39 is 95.3 Å². The van der Waals surface area contributed by atoms with Crippen LogP contribution in [0.1, 0.15) is 27.0 Å². The van der Waals surface area contributed by atoms with Gasteiger partial charge in [-0.05, 0) is 19.6 Å². The van der Waals surface area contributed by atoms with E-state index in [0.29, 0.717) is 0 Å². The Morgan fingerprint density at radius 1 is 0.907 bits per heavy atom. The van der Waals surface area contributed by atoms with Gasteiger partial charge < -0.3 is 55.4 Å². The van der Waals surface area contributed by atoms with E-state index in [0.717, 1.165) is 16.8 Å². The van der Waals surface area contributed by atoms with Gasteiger partial charge in [-0.25, -0.2) is 13.9 Å². The molecule has 2 aliphatic rings. The molecule has 0 radical (unpaired) electrons. The number of ether oxygens (including phenoxy) is 2. The summed E-state index contributed by atoms with van der Waals surface area (Å²) in [5, 5.41) is 49.6. The van der Waals surface area contributed by atoms with Gasteiger partial charge >= 0.3 is 21.3 Å². The number of aromatic nitrogens is 2. The molecule has 250 valence electrons. The highest BCUT2D eigenvalue weighted by molar-refractivity contribution is 7.61. The van der Waals surface area contributed by atoms with Crippen LogP contribution in [0.2, 0.25) is 0 Å². The summed E-state index contributed by atoms with van der Waals surface area (Å²) in [5.41, 5.74) is 3.59. The Kier molecular flexibility index (Phi) is 14.3. The summed E-state index contributed by atoms with van der Waals surface area (Å²) in [4.78, 5) is 46.9. The van der Waals surface area contributed by atoms with E-state index in [9.17, 15) is 54.0 Å². The van der Waals surface area contributed by atoms with Crippen LogP contribution in [0.15, 0.2) is 21.9 Å². The van der Waals surface area contributed by atoms with Gasteiger partial charge in [-0.2, -0.15) is 4.31 Å². The van der Waals surface area contributed by atoms with Gasteiger partial charge in [-0.1, -0.05) is 20.8 Å². The Morgan fingerprint density at radius 3 is 2.00 bits per heavy atom. The highest BCUT2D eigenvalue weighted by Crippen LogP contribution is 2.61. The van der Waals surface area contributed by atoms with Crippen LogP contribution in [-0.4, -0.2) is 132 Å². The molecule has 20 nitrogen and oxygen atoms in total. The van der Waals surface area contributed by atoms with E-state index in [2.05, 4.69) is 39.0 Å². The number of phosphoric ester groups is 2. The lowest BCUT2D eigenvalue weighted by atomic mass is 9.99. The van der Waals surface area contributed by atoms with Crippen LogP contribution in [0.3, 0.4) is 0 Å². The molecule has 3 heterocycles. The van der Waals surface area contributed by atoms with E-state index in [1.807, 2.05) is 4.98 Å². The molecule has 0 spiro atoms. The Morgan fingerprint density at radius 2 is 1.49 bits per heavy atom. The fourth-order valence-electron chi connectivity index (χ4n) is 4.07. The second-order valence-corrected chi connectivity index (χ2v) is 12.3. The second kappa shape index (κ2) is 16.2. The molecule has 0 saturated carbocycles. The topological polar surface area (TPSA) is 306 Å². The largest absolute Gasteiger partial charge is 0.483 e. The summed E-state index contributed by atoms with van der Waals surface area (Å²) in [6, 6.07) is 0.935. The molecule has 1 aromatic rings. The van der Waals surface area contributed by atoms with Gasteiger partial charge in [0.25, 0.3) is 5.56 Å². The van der Waals surface area contributed by atoms with Crippen molar-refractivity contribution in [2.75, 3.05) is 32.8 Å². The lowest BCUT2D eigenvalue weighted by molar-refractivity contribution is -0.273. The number of aliphatic hydroxyl groups excluding tert-OH is 5. The first-order chi connectivity index (χ1) is 20.0. The number of phosphoric acid groups is 2. The molecule has 22 heteroatoms. The zero-order chi connectivity index (χ0) is 32.7. The lowest BCUT2D eigenvalue weighted by Crippen LogP contribution is -2.59. The molecule has 0 bridgehead atoms. The van der Waals surface area contributed by atoms with Crippen molar-refractivity contribution in [1.29, 1.82) is 0 Å². The van der Waals surface area contributed by atoms with Gasteiger partial charge in [0.15, 0.2) is 12.5 Å². The third kappa shape index (κ3) is 10.3. The molecule has 2 aliphatic heterocycles. The number of rotatable bonds is 12. The molecule has 10 N–H and O–H groups in total. The summed E-state index contributed by atoms with van der Waals surface area (Å²) >= 11 is 0. The maximum atomic E-state index is 12.2. The minimum Gasteiger partial charge on any atom is -0.388 e. The Balaban J connectivity index is 0.000000821. The third-order valence-electron chi connectivity index (χ3n) is 6.55. The van der Waals surface area contributed by atoms with E-state index in [4.69, 9.17) is 15.2 Å². The minimum absolute atomic E-state index is 0.398. The number of hydrogen-bond acceptors (Lipinski definition) is 16. The normalized spacial score (nSPS) is 33.8. The Hall–Kier alpha value is -1.42. The highest BCUT2D eigenvalue weighted by atomic mass is 31.3.